The molecule has 2 rings (SSSR count). The second kappa shape index (κ2) is 2.50. The predicted octanol–water partition coefficient (Wildman–Crippen LogP) is 2.97. The predicted molar refractivity (Wildman–Crippen MR) is 54.4 cm³/mol. The fourth-order valence-electron chi connectivity index (χ4n) is 1.98. The smallest absolute Gasteiger partial charge is 0.126 e. The van der Waals surface area contributed by atoms with E-state index in [1.54, 1.807) is 0 Å². The van der Waals surface area contributed by atoms with Gasteiger partial charge in [-0.1, -0.05) is 31.5 Å². The molecule has 13 heavy (non-hydrogen) atoms. The first-order valence-electron chi connectivity index (χ1n) is 4.75. The van der Waals surface area contributed by atoms with Crippen LogP contribution in [0.15, 0.2) is 12.1 Å². The Morgan fingerprint density at radius 3 is 2.62 bits per heavy atom. The summed E-state index contributed by atoms with van der Waals surface area (Å²) in [5.41, 5.74) is 4.15. The van der Waals surface area contributed by atoms with Crippen molar-refractivity contribution >= 4 is 0 Å². The van der Waals surface area contributed by atoms with Gasteiger partial charge in [0.05, 0.1) is 6.61 Å². The van der Waals surface area contributed by atoms with Crippen LogP contribution in [0.4, 0.5) is 0 Å². The fraction of sp³-hybridized carbons (Fsp3) is 0.500. The van der Waals surface area contributed by atoms with Crippen LogP contribution in [0.1, 0.15) is 30.5 Å². The molecule has 0 N–H and O–H groups in total. The number of benzene rings is 1. The van der Waals surface area contributed by atoms with Crippen LogP contribution in [0.2, 0.25) is 0 Å². The van der Waals surface area contributed by atoms with E-state index in [-0.39, 0.29) is 5.41 Å². The highest BCUT2D eigenvalue weighted by Crippen LogP contribution is 2.40. The lowest BCUT2D eigenvalue weighted by Crippen LogP contribution is -2.18. The van der Waals surface area contributed by atoms with Gasteiger partial charge in [0.15, 0.2) is 0 Å². The molecule has 0 fully saturated rings. The van der Waals surface area contributed by atoms with Gasteiger partial charge in [0.25, 0.3) is 0 Å². The molecule has 0 unspecified atom stereocenters. The van der Waals surface area contributed by atoms with Gasteiger partial charge >= 0.3 is 0 Å². The van der Waals surface area contributed by atoms with E-state index in [1.165, 1.54) is 16.7 Å². The molecule has 0 amide bonds. The molecule has 0 radical (unpaired) electrons. The lowest BCUT2D eigenvalue weighted by molar-refractivity contribution is 0.290. The van der Waals surface area contributed by atoms with Gasteiger partial charge in [0.1, 0.15) is 5.75 Å². The molecule has 0 saturated heterocycles. The van der Waals surface area contributed by atoms with Gasteiger partial charge in [-0.3, -0.25) is 0 Å². The van der Waals surface area contributed by atoms with Gasteiger partial charge in [-0.05, 0) is 19.4 Å². The Labute approximate surface area is 79.7 Å². The van der Waals surface area contributed by atoms with Gasteiger partial charge in [0, 0.05) is 11.0 Å². The summed E-state index contributed by atoms with van der Waals surface area (Å²) in [6.07, 6.45) is 0. The maximum atomic E-state index is 5.70. The van der Waals surface area contributed by atoms with Crippen molar-refractivity contribution in [3.8, 4) is 5.75 Å². The zero-order chi connectivity index (χ0) is 9.64. The number of fused-ring (bicyclic) bond motifs is 1. The Kier molecular flexibility index (Phi) is 1.66. The Hall–Kier alpha value is -0.980. The lowest BCUT2D eigenvalue weighted by atomic mass is 9.85. The average molecular weight is 176 g/mol. The highest BCUT2D eigenvalue weighted by Gasteiger charge is 2.32. The number of rotatable bonds is 0. The summed E-state index contributed by atoms with van der Waals surface area (Å²) in [4.78, 5) is 0. The van der Waals surface area contributed by atoms with Gasteiger partial charge in [-0.2, -0.15) is 0 Å². The molecular formula is C12H16O. The van der Waals surface area contributed by atoms with Gasteiger partial charge in [-0.15, -0.1) is 0 Å². The first kappa shape index (κ1) is 8.61. The minimum absolute atomic E-state index is 0.187. The van der Waals surface area contributed by atoms with Gasteiger partial charge in [-0.25, -0.2) is 0 Å². The van der Waals surface area contributed by atoms with E-state index < -0.39 is 0 Å². The molecular weight excluding hydrogens is 160 g/mol. The second-order valence-corrected chi connectivity index (χ2v) is 4.63. The van der Waals surface area contributed by atoms with E-state index in [0.717, 1.165) is 12.4 Å². The molecule has 1 heterocycles. The van der Waals surface area contributed by atoms with Crippen LogP contribution in [0.5, 0.6) is 5.75 Å². The van der Waals surface area contributed by atoms with Crippen molar-refractivity contribution in [2.24, 2.45) is 0 Å². The van der Waals surface area contributed by atoms with Crippen molar-refractivity contribution in [2.45, 2.75) is 33.1 Å². The fourth-order valence-corrected chi connectivity index (χ4v) is 1.98. The van der Waals surface area contributed by atoms with Crippen molar-refractivity contribution < 1.29 is 4.74 Å². The Morgan fingerprint density at radius 2 is 1.92 bits per heavy atom. The average Bonchev–Trinajstić information content (AvgIpc) is 2.28. The molecule has 0 spiro atoms. The third-order valence-corrected chi connectivity index (χ3v) is 2.73. The first-order valence-corrected chi connectivity index (χ1v) is 4.75. The summed E-state index contributed by atoms with van der Waals surface area (Å²) < 4.78 is 5.70. The lowest BCUT2D eigenvalue weighted by Gasteiger charge is -2.15. The van der Waals surface area contributed by atoms with E-state index in [2.05, 4.69) is 39.8 Å². The Morgan fingerprint density at radius 1 is 1.23 bits per heavy atom. The third kappa shape index (κ3) is 1.23. The summed E-state index contributed by atoms with van der Waals surface area (Å²) in [5, 5.41) is 0. The SMILES string of the molecule is Cc1cc(C)c2c(c1)C(C)(C)CO2. The molecule has 1 aromatic carbocycles. The summed E-state index contributed by atoms with van der Waals surface area (Å²) in [6.45, 7) is 9.54. The molecule has 1 aliphatic heterocycles. The zero-order valence-electron chi connectivity index (χ0n) is 8.77. The molecule has 0 saturated carbocycles. The van der Waals surface area contributed by atoms with Crippen LogP contribution in [-0.2, 0) is 5.41 Å². The topological polar surface area (TPSA) is 9.23 Å². The molecule has 0 bridgehead atoms. The van der Waals surface area contributed by atoms with Crippen LogP contribution in [-0.4, -0.2) is 6.61 Å². The van der Waals surface area contributed by atoms with Crippen molar-refractivity contribution in [2.75, 3.05) is 6.61 Å². The maximum absolute atomic E-state index is 5.70. The van der Waals surface area contributed by atoms with Crippen LogP contribution in [0.25, 0.3) is 0 Å². The van der Waals surface area contributed by atoms with Crippen molar-refractivity contribution in [1.29, 1.82) is 0 Å². The minimum Gasteiger partial charge on any atom is -0.492 e. The van der Waals surface area contributed by atoms with E-state index >= 15 is 0 Å². The molecule has 1 heteroatoms. The van der Waals surface area contributed by atoms with Crippen LogP contribution >= 0.6 is 0 Å². The molecule has 1 nitrogen and oxygen atoms in total. The highest BCUT2D eigenvalue weighted by molar-refractivity contribution is 5.50. The van der Waals surface area contributed by atoms with E-state index in [1.807, 2.05) is 0 Å². The zero-order valence-corrected chi connectivity index (χ0v) is 8.77. The number of hydrogen-bond acceptors (Lipinski definition) is 1. The van der Waals surface area contributed by atoms with Crippen molar-refractivity contribution in [3.05, 3.63) is 28.8 Å². The molecule has 1 aromatic rings. The Balaban J connectivity index is 2.65. The largest absolute Gasteiger partial charge is 0.492 e. The highest BCUT2D eigenvalue weighted by atomic mass is 16.5. The van der Waals surface area contributed by atoms with E-state index in [9.17, 15) is 0 Å². The van der Waals surface area contributed by atoms with Crippen LogP contribution in [0, 0.1) is 13.8 Å². The molecule has 0 atom stereocenters. The second-order valence-electron chi connectivity index (χ2n) is 4.63. The van der Waals surface area contributed by atoms with Crippen molar-refractivity contribution in [3.63, 3.8) is 0 Å². The third-order valence-electron chi connectivity index (χ3n) is 2.73. The monoisotopic (exact) mass is 176 g/mol. The minimum atomic E-state index is 0.187. The van der Waals surface area contributed by atoms with E-state index in [0.29, 0.717) is 0 Å². The van der Waals surface area contributed by atoms with E-state index in [4.69, 9.17) is 4.74 Å². The summed E-state index contributed by atoms with van der Waals surface area (Å²) in [5.74, 6) is 1.11. The summed E-state index contributed by atoms with van der Waals surface area (Å²) >= 11 is 0. The number of aryl methyl sites for hydroxylation is 2. The molecule has 70 valence electrons. The summed E-state index contributed by atoms with van der Waals surface area (Å²) in [6, 6.07) is 4.43. The number of ether oxygens (including phenoxy) is 1. The van der Waals surface area contributed by atoms with Crippen LogP contribution < -0.4 is 4.74 Å². The van der Waals surface area contributed by atoms with Gasteiger partial charge in [0.2, 0.25) is 0 Å². The quantitative estimate of drug-likeness (QED) is 0.590. The Bertz CT molecular complexity index is 350. The molecule has 0 aliphatic carbocycles. The maximum Gasteiger partial charge on any atom is 0.126 e. The van der Waals surface area contributed by atoms with Crippen LogP contribution in [0.3, 0.4) is 0 Å². The number of hydrogen-bond donors (Lipinski definition) is 0. The first-order chi connectivity index (χ1) is 6.00. The summed E-state index contributed by atoms with van der Waals surface area (Å²) in [7, 11) is 0. The molecule has 1 aliphatic rings. The van der Waals surface area contributed by atoms with Crippen molar-refractivity contribution in [1.82, 2.24) is 0 Å². The normalized spacial score (nSPS) is 18.2. The molecule has 0 aromatic heterocycles. The van der Waals surface area contributed by atoms with Gasteiger partial charge < -0.3 is 4.74 Å². The standard InChI is InChI=1S/C12H16O/c1-8-5-9(2)11-10(6-8)12(3,4)7-13-11/h5-6H,7H2,1-4H3.